The number of carbonyl (C=O) groups is 2. The first-order chi connectivity index (χ1) is 13.5. The van der Waals surface area contributed by atoms with E-state index in [1.54, 1.807) is 35.1 Å². The Hall–Kier alpha value is -2.90. The zero-order chi connectivity index (χ0) is 21.6. The predicted octanol–water partition coefficient (Wildman–Crippen LogP) is 3.71. The molecular weight excluding hydrogens is 374 g/mol. The average Bonchev–Trinajstić information content (AvgIpc) is 2.65. The first kappa shape index (κ1) is 22.4. The quantitative estimate of drug-likeness (QED) is 0.424. The standard InChI is InChI=1S/C21H29N3O5/c1-21(2,3)29-20(26)22(4)14-17-8-6-12-23(15-17)19(25)11-10-16-7-5-9-18(13-16)24(27)28/h5,7,9-11,13,17H,6,8,12,14-15H2,1-4H3/b11-10+. The molecule has 1 atom stereocenters. The molecule has 2 amide bonds. The second-order valence-electron chi connectivity index (χ2n) is 8.34. The summed E-state index contributed by atoms with van der Waals surface area (Å²) in [5.41, 5.74) is 0.0469. The Kier molecular flexibility index (Phi) is 7.36. The van der Waals surface area contributed by atoms with Crippen LogP contribution in [0, 0.1) is 16.0 Å². The van der Waals surface area contributed by atoms with Gasteiger partial charge < -0.3 is 14.5 Å². The maximum absolute atomic E-state index is 12.5. The number of ether oxygens (including phenoxy) is 1. The van der Waals surface area contributed by atoms with Gasteiger partial charge in [0.25, 0.3) is 5.69 Å². The van der Waals surface area contributed by atoms with E-state index in [1.165, 1.54) is 18.2 Å². The molecule has 1 unspecified atom stereocenters. The van der Waals surface area contributed by atoms with Crippen LogP contribution in [-0.2, 0) is 9.53 Å². The van der Waals surface area contributed by atoms with Crippen molar-refractivity contribution < 1.29 is 19.2 Å². The van der Waals surface area contributed by atoms with E-state index in [4.69, 9.17) is 4.74 Å². The number of carbonyl (C=O) groups excluding carboxylic acids is 2. The number of likely N-dealkylation sites (tertiary alicyclic amines) is 1. The van der Waals surface area contributed by atoms with Gasteiger partial charge in [-0.15, -0.1) is 0 Å². The largest absolute Gasteiger partial charge is 0.444 e. The summed E-state index contributed by atoms with van der Waals surface area (Å²) in [6, 6.07) is 6.14. The van der Waals surface area contributed by atoms with Crippen LogP contribution in [0.5, 0.6) is 0 Å². The van der Waals surface area contributed by atoms with Gasteiger partial charge in [0.1, 0.15) is 5.60 Å². The van der Waals surface area contributed by atoms with Crippen LogP contribution in [0.25, 0.3) is 6.08 Å². The number of amides is 2. The summed E-state index contributed by atoms with van der Waals surface area (Å²) in [5.74, 6) is 0.0394. The zero-order valence-electron chi connectivity index (χ0n) is 17.5. The molecule has 0 radical (unpaired) electrons. The average molecular weight is 403 g/mol. The second kappa shape index (κ2) is 9.54. The molecule has 1 heterocycles. The number of nitrogens with zero attached hydrogens (tertiary/aromatic N) is 3. The van der Waals surface area contributed by atoms with E-state index >= 15 is 0 Å². The van der Waals surface area contributed by atoms with Gasteiger partial charge in [0, 0.05) is 44.9 Å². The van der Waals surface area contributed by atoms with E-state index in [1.807, 2.05) is 20.8 Å². The molecule has 158 valence electrons. The van der Waals surface area contributed by atoms with E-state index in [-0.39, 0.29) is 23.6 Å². The fourth-order valence-electron chi connectivity index (χ4n) is 3.23. The van der Waals surface area contributed by atoms with Gasteiger partial charge in [-0.1, -0.05) is 12.1 Å². The number of hydrogen-bond donors (Lipinski definition) is 0. The van der Waals surface area contributed by atoms with Gasteiger partial charge in [-0.2, -0.15) is 0 Å². The van der Waals surface area contributed by atoms with Crippen molar-refractivity contribution in [3.63, 3.8) is 0 Å². The molecule has 0 aliphatic carbocycles. The van der Waals surface area contributed by atoms with Crippen molar-refractivity contribution in [1.29, 1.82) is 0 Å². The van der Waals surface area contributed by atoms with Crippen LogP contribution in [-0.4, -0.2) is 59.0 Å². The lowest BCUT2D eigenvalue weighted by Gasteiger charge is -2.34. The molecule has 1 fully saturated rings. The molecule has 0 aromatic heterocycles. The SMILES string of the molecule is CN(CC1CCCN(C(=O)/C=C/c2cccc([N+](=O)[O-])c2)C1)C(=O)OC(C)(C)C. The maximum Gasteiger partial charge on any atom is 0.410 e. The first-order valence-corrected chi connectivity index (χ1v) is 9.71. The highest BCUT2D eigenvalue weighted by Crippen LogP contribution is 2.20. The summed E-state index contributed by atoms with van der Waals surface area (Å²) in [4.78, 5) is 38.4. The highest BCUT2D eigenvalue weighted by atomic mass is 16.6. The van der Waals surface area contributed by atoms with Gasteiger partial charge in [0.15, 0.2) is 0 Å². The Morgan fingerprint density at radius 2 is 2.10 bits per heavy atom. The Bertz CT molecular complexity index is 785. The van der Waals surface area contributed by atoms with Crippen molar-refractivity contribution in [1.82, 2.24) is 9.80 Å². The summed E-state index contributed by atoms with van der Waals surface area (Å²) in [6.07, 6.45) is 4.46. The molecule has 8 nitrogen and oxygen atoms in total. The van der Waals surface area contributed by atoms with Crippen molar-refractivity contribution in [2.24, 2.45) is 5.92 Å². The van der Waals surface area contributed by atoms with E-state index in [0.717, 1.165) is 12.8 Å². The summed E-state index contributed by atoms with van der Waals surface area (Å²) in [6.45, 7) is 7.22. The third-order valence-electron chi connectivity index (χ3n) is 4.57. The van der Waals surface area contributed by atoms with Crippen molar-refractivity contribution in [3.05, 3.63) is 46.0 Å². The Morgan fingerprint density at radius 3 is 2.76 bits per heavy atom. The number of nitro benzene ring substituents is 1. The highest BCUT2D eigenvalue weighted by Gasteiger charge is 2.26. The minimum absolute atomic E-state index is 0.0113. The fraction of sp³-hybridized carbons (Fsp3) is 0.524. The number of benzene rings is 1. The maximum atomic E-state index is 12.5. The Morgan fingerprint density at radius 1 is 1.38 bits per heavy atom. The van der Waals surface area contributed by atoms with E-state index in [9.17, 15) is 19.7 Å². The number of non-ortho nitro benzene ring substituents is 1. The van der Waals surface area contributed by atoms with E-state index in [0.29, 0.717) is 25.2 Å². The molecule has 1 aromatic rings. The molecule has 1 saturated heterocycles. The van der Waals surface area contributed by atoms with Gasteiger partial charge >= 0.3 is 6.09 Å². The molecular formula is C21H29N3O5. The van der Waals surface area contributed by atoms with Gasteiger partial charge in [-0.3, -0.25) is 14.9 Å². The van der Waals surface area contributed by atoms with Crippen LogP contribution < -0.4 is 0 Å². The van der Waals surface area contributed by atoms with Crippen LogP contribution in [0.3, 0.4) is 0 Å². The van der Waals surface area contributed by atoms with E-state index in [2.05, 4.69) is 0 Å². The zero-order valence-corrected chi connectivity index (χ0v) is 17.5. The fourth-order valence-corrected chi connectivity index (χ4v) is 3.23. The van der Waals surface area contributed by atoms with Crippen LogP contribution in [0.2, 0.25) is 0 Å². The minimum Gasteiger partial charge on any atom is -0.444 e. The van der Waals surface area contributed by atoms with Gasteiger partial charge in [0.05, 0.1) is 4.92 Å². The predicted molar refractivity (Wildman–Crippen MR) is 110 cm³/mol. The summed E-state index contributed by atoms with van der Waals surface area (Å²) in [7, 11) is 1.71. The third kappa shape index (κ3) is 7.21. The van der Waals surface area contributed by atoms with Crippen molar-refractivity contribution in [2.75, 3.05) is 26.7 Å². The molecule has 0 saturated carbocycles. The molecule has 29 heavy (non-hydrogen) atoms. The molecule has 1 aromatic carbocycles. The highest BCUT2D eigenvalue weighted by molar-refractivity contribution is 5.91. The third-order valence-corrected chi connectivity index (χ3v) is 4.57. The second-order valence-corrected chi connectivity index (χ2v) is 8.34. The Labute approximate surface area is 171 Å². The normalized spacial score (nSPS) is 17.2. The van der Waals surface area contributed by atoms with Crippen LogP contribution in [0.15, 0.2) is 30.3 Å². The molecule has 1 aliphatic heterocycles. The number of hydrogen-bond acceptors (Lipinski definition) is 5. The molecule has 0 bridgehead atoms. The van der Waals surface area contributed by atoms with Crippen molar-refractivity contribution in [2.45, 2.75) is 39.2 Å². The van der Waals surface area contributed by atoms with Gasteiger partial charge in [-0.25, -0.2) is 4.79 Å². The van der Waals surface area contributed by atoms with Crippen LogP contribution >= 0.6 is 0 Å². The van der Waals surface area contributed by atoms with Crippen LogP contribution in [0.1, 0.15) is 39.2 Å². The minimum atomic E-state index is -0.544. The number of piperidine rings is 1. The molecule has 8 heteroatoms. The summed E-state index contributed by atoms with van der Waals surface area (Å²) in [5, 5.41) is 10.9. The van der Waals surface area contributed by atoms with Gasteiger partial charge in [-0.05, 0) is 51.2 Å². The lowest BCUT2D eigenvalue weighted by atomic mass is 9.97. The summed E-state index contributed by atoms with van der Waals surface area (Å²) >= 11 is 0. The van der Waals surface area contributed by atoms with Crippen molar-refractivity contribution in [3.8, 4) is 0 Å². The Balaban J connectivity index is 1.92. The van der Waals surface area contributed by atoms with E-state index < -0.39 is 10.5 Å². The smallest absolute Gasteiger partial charge is 0.410 e. The molecule has 0 spiro atoms. The first-order valence-electron chi connectivity index (χ1n) is 9.71. The monoisotopic (exact) mass is 403 g/mol. The topological polar surface area (TPSA) is 93.0 Å². The number of nitro groups is 1. The number of rotatable bonds is 5. The molecule has 0 N–H and O–H groups in total. The molecule has 2 rings (SSSR count). The van der Waals surface area contributed by atoms with Gasteiger partial charge in [0.2, 0.25) is 5.91 Å². The lowest BCUT2D eigenvalue weighted by molar-refractivity contribution is -0.384. The lowest BCUT2D eigenvalue weighted by Crippen LogP contribution is -2.44. The van der Waals surface area contributed by atoms with Crippen molar-refractivity contribution >= 4 is 23.8 Å². The molecule has 1 aliphatic rings. The van der Waals surface area contributed by atoms with Crippen LogP contribution in [0.4, 0.5) is 10.5 Å². The summed E-state index contributed by atoms with van der Waals surface area (Å²) < 4.78 is 5.38.